The Morgan fingerprint density at radius 2 is 0.553 bits per heavy atom. The van der Waals surface area contributed by atoms with Crippen molar-refractivity contribution in [2.24, 2.45) is 0 Å². The fourth-order valence-electron chi connectivity index (χ4n) is 12.5. The summed E-state index contributed by atoms with van der Waals surface area (Å²) < 4.78 is 5.52. The second kappa shape index (κ2) is 74.8. The molecule has 0 aliphatic rings. The van der Waals surface area contributed by atoms with Gasteiger partial charge < -0.3 is 20.3 Å². The molecule has 85 heavy (non-hydrogen) atoms. The van der Waals surface area contributed by atoms with E-state index in [1.807, 2.05) is 6.08 Å². The molecular weight excluding hydrogens is 1040 g/mol. The predicted molar refractivity (Wildman–Crippen MR) is 375 cm³/mol. The highest BCUT2D eigenvalue weighted by Crippen LogP contribution is 2.20. The van der Waals surface area contributed by atoms with Crippen LogP contribution in [0.3, 0.4) is 0 Å². The Morgan fingerprint density at radius 3 is 0.835 bits per heavy atom. The smallest absolute Gasteiger partial charge is 0.305 e. The van der Waals surface area contributed by atoms with Crippen LogP contribution in [-0.4, -0.2) is 47.4 Å². The number of nitrogens with one attached hydrogen (secondary N) is 1. The fourth-order valence-corrected chi connectivity index (χ4v) is 12.5. The second-order valence-electron chi connectivity index (χ2n) is 27.0. The van der Waals surface area contributed by atoms with Crippen molar-refractivity contribution in [2.45, 2.75) is 456 Å². The lowest BCUT2D eigenvalue weighted by atomic mass is 10.0. The van der Waals surface area contributed by atoms with Gasteiger partial charge in [-0.05, 0) is 57.8 Å². The van der Waals surface area contributed by atoms with Crippen molar-refractivity contribution in [1.82, 2.24) is 5.32 Å². The van der Waals surface area contributed by atoms with Gasteiger partial charge in [-0.1, -0.05) is 398 Å². The van der Waals surface area contributed by atoms with Crippen molar-refractivity contribution in [3.8, 4) is 0 Å². The van der Waals surface area contributed by atoms with Gasteiger partial charge in [0.15, 0.2) is 0 Å². The summed E-state index contributed by atoms with van der Waals surface area (Å²) in [4.78, 5) is 24.7. The maximum absolute atomic E-state index is 12.5. The number of aliphatic hydroxyl groups is 2. The maximum atomic E-state index is 12.5. The van der Waals surface area contributed by atoms with Gasteiger partial charge in [-0.2, -0.15) is 0 Å². The highest BCUT2D eigenvalue weighted by Gasteiger charge is 2.18. The number of ether oxygens (including phenoxy) is 1. The molecule has 3 N–H and O–H groups in total. The Hall–Kier alpha value is -1.66. The van der Waals surface area contributed by atoms with E-state index in [1.165, 1.54) is 379 Å². The third kappa shape index (κ3) is 71.3. The molecule has 2 unspecified atom stereocenters. The number of hydrogen-bond donors (Lipinski definition) is 3. The van der Waals surface area contributed by atoms with Gasteiger partial charge in [-0.25, -0.2) is 0 Å². The maximum Gasteiger partial charge on any atom is 0.305 e. The number of carbonyl (C=O) groups excluding carboxylic acids is 2. The minimum absolute atomic E-state index is 0.0198. The van der Waals surface area contributed by atoms with Crippen molar-refractivity contribution in [2.75, 3.05) is 13.2 Å². The molecule has 0 aromatic carbocycles. The number of allylic oxidation sites excluding steroid dienone is 3. The van der Waals surface area contributed by atoms with Crippen LogP contribution < -0.4 is 5.32 Å². The van der Waals surface area contributed by atoms with E-state index in [9.17, 15) is 19.8 Å². The lowest BCUT2D eigenvalue weighted by Crippen LogP contribution is -2.45. The number of unbranched alkanes of at least 4 members (excludes halogenated alkanes) is 61. The summed E-state index contributed by atoms with van der Waals surface area (Å²) in [6.07, 6.45) is 95.8. The molecule has 6 nitrogen and oxygen atoms in total. The molecule has 504 valence electrons. The third-order valence-corrected chi connectivity index (χ3v) is 18.5. The molecule has 0 aliphatic heterocycles. The monoisotopic (exact) mass is 1200 g/mol. The molecule has 0 radical (unpaired) electrons. The van der Waals surface area contributed by atoms with Crippen LogP contribution >= 0.6 is 0 Å². The van der Waals surface area contributed by atoms with Crippen LogP contribution in [0.2, 0.25) is 0 Å². The molecule has 0 saturated heterocycles. The highest BCUT2D eigenvalue weighted by atomic mass is 16.5. The summed E-state index contributed by atoms with van der Waals surface area (Å²) in [5, 5.41) is 23.3. The van der Waals surface area contributed by atoms with Crippen LogP contribution in [0.4, 0.5) is 0 Å². The van der Waals surface area contributed by atoms with Crippen LogP contribution in [0.5, 0.6) is 0 Å². The Balaban J connectivity index is 3.35. The average molecular weight is 1200 g/mol. The number of esters is 1. The number of hydrogen-bond acceptors (Lipinski definition) is 5. The topological polar surface area (TPSA) is 95.9 Å². The third-order valence-electron chi connectivity index (χ3n) is 18.5. The lowest BCUT2D eigenvalue weighted by Gasteiger charge is -2.20. The van der Waals surface area contributed by atoms with E-state index in [0.29, 0.717) is 19.4 Å². The van der Waals surface area contributed by atoms with Gasteiger partial charge in [-0.15, -0.1) is 0 Å². The van der Waals surface area contributed by atoms with E-state index in [4.69, 9.17) is 4.74 Å². The summed E-state index contributed by atoms with van der Waals surface area (Å²) in [5.74, 6) is -0.0401. The van der Waals surface area contributed by atoms with E-state index < -0.39 is 12.1 Å². The second-order valence-corrected chi connectivity index (χ2v) is 27.0. The molecular formula is C79H153NO5. The van der Waals surface area contributed by atoms with Crippen molar-refractivity contribution >= 4 is 11.9 Å². The van der Waals surface area contributed by atoms with Crippen LogP contribution in [0.25, 0.3) is 0 Å². The van der Waals surface area contributed by atoms with E-state index in [0.717, 1.165) is 38.5 Å². The summed E-state index contributed by atoms with van der Waals surface area (Å²) >= 11 is 0. The zero-order chi connectivity index (χ0) is 61.3. The van der Waals surface area contributed by atoms with E-state index in [2.05, 4.69) is 31.3 Å². The first-order valence-corrected chi connectivity index (χ1v) is 39.1. The zero-order valence-electron chi connectivity index (χ0n) is 57.9. The van der Waals surface area contributed by atoms with E-state index in [-0.39, 0.29) is 18.5 Å². The molecule has 0 fully saturated rings. The molecule has 0 bridgehead atoms. The number of amides is 1. The number of aliphatic hydroxyl groups excluding tert-OH is 2. The van der Waals surface area contributed by atoms with Crippen molar-refractivity contribution in [3.63, 3.8) is 0 Å². The number of carbonyl (C=O) groups is 2. The Kier molecular flexibility index (Phi) is 73.3. The fraction of sp³-hybridized carbons (Fsp3) is 0.924. The van der Waals surface area contributed by atoms with Crippen LogP contribution in [0.15, 0.2) is 24.3 Å². The Morgan fingerprint density at radius 1 is 0.318 bits per heavy atom. The standard InChI is InChI=1S/C79H153NO5/c1-3-5-7-9-11-13-15-17-19-21-23-36-39-43-47-51-55-59-63-67-71-77(82)76(75-81)80-78(83)72-68-64-60-56-52-48-44-40-37-33-31-29-27-25-24-26-28-30-32-34-38-42-46-50-54-58-62-66-70-74-85-79(84)73-69-65-61-57-53-49-45-41-35-22-20-18-16-14-12-10-8-6-4-2/h18,20,67,71,76-77,81-82H,3-17,19,21-66,68-70,72-75H2,1-2H3,(H,80,83)/b20-18-,71-67+. The van der Waals surface area contributed by atoms with E-state index in [1.54, 1.807) is 6.08 Å². The largest absolute Gasteiger partial charge is 0.466 e. The van der Waals surface area contributed by atoms with Crippen molar-refractivity contribution < 1.29 is 24.5 Å². The van der Waals surface area contributed by atoms with Crippen molar-refractivity contribution in [1.29, 1.82) is 0 Å². The zero-order valence-corrected chi connectivity index (χ0v) is 57.9. The molecule has 0 aliphatic carbocycles. The molecule has 6 heteroatoms. The van der Waals surface area contributed by atoms with Gasteiger partial charge in [0.25, 0.3) is 0 Å². The van der Waals surface area contributed by atoms with Crippen LogP contribution in [0, 0.1) is 0 Å². The first-order chi connectivity index (χ1) is 42.0. The Labute approximate surface area is 532 Å². The molecule has 0 aromatic heterocycles. The minimum atomic E-state index is -0.843. The predicted octanol–water partition coefficient (Wildman–Crippen LogP) is 25.7. The molecule has 0 saturated carbocycles. The summed E-state index contributed by atoms with van der Waals surface area (Å²) in [6, 6.07) is -0.626. The normalized spacial score (nSPS) is 12.6. The van der Waals surface area contributed by atoms with Gasteiger partial charge in [0, 0.05) is 12.8 Å². The first kappa shape index (κ1) is 83.3. The highest BCUT2D eigenvalue weighted by molar-refractivity contribution is 5.76. The average Bonchev–Trinajstić information content (AvgIpc) is 3.50. The van der Waals surface area contributed by atoms with Gasteiger partial charge in [0.05, 0.1) is 25.4 Å². The van der Waals surface area contributed by atoms with Crippen molar-refractivity contribution in [3.05, 3.63) is 24.3 Å². The molecule has 2 atom stereocenters. The molecule has 1 amide bonds. The Bertz CT molecular complexity index is 1330. The number of rotatable bonds is 74. The van der Waals surface area contributed by atoms with Gasteiger partial charge in [0.2, 0.25) is 5.91 Å². The van der Waals surface area contributed by atoms with Crippen LogP contribution in [0.1, 0.15) is 444 Å². The minimum Gasteiger partial charge on any atom is -0.466 e. The summed E-state index contributed by atoms with van der Waals surface area (Å²) in [7, 11) is 0. The summed E-state index contributed by atoms with van der Waals surface area (Å²) in [6.45, 7) is 4.95. The molecule has 0 rings (SSSR count). The van der Waals surface area contributed by atoms with Crippen LogP contribution in [-0.2, 0) is 14.3 Å². The molecule has 0 aromatic rings. The van der Waals surface area contributed by atoms with Gasteiger partial charge >= 0.3 is 5.97 Å². The lowest BCUT2D eigenvalue weighted by molar-refractivity contribution is -0.143. The van der Waals surface area contributed by atoms with Gasteiger partial charge in [0.1, 0.15) is 0 Å². The molecule has 0 heterocycles. The quantitative estimate of drug-likeness (QED) is 0.0320. The SMILES string of the molecule is CCCCCCCC/C=C\CCCCCCCCCCCC(=O)OCCCCCCCCCCCCCCCCCCCCCCCCCCCCCCCC(=O)NC(CO)C(O)/C=C/CCCCCCCCCCCCCCCCCCCC. The molecule has 0 spiro atoms. The van der Waals surface area contributed by atoms with Gasteiger partial charge in [-0.3, -0.25) is 9.59 Å². The van der Waals surface area contributed by atoms with E-state index >= 15 is 0 Å². The first-order valence-electron chi connectivity index (χ1n) is 39.1. The summed E-state index contributed by atoms with van der Waals surface area (Å²) in [5.41, 5.74) is 0.